The van der Waals surface area contributed by atoms with Crippen LogP contribution < -0.4 is 5.73 Å². The Bertz CT molecular complexity index is 123. The van der Waals surface area contributed by atoms with E-state index in [1.807, 2.05) is 6.92 Å². The molecule has 1 nitrogen and oxygen atoms in total. The average molecular weight is 155 g/mol. The molecule has 0 fully saturated rings. The Hall–Kier alpha value is -0.300. The van der Waals surface area contributed by atoms with Gasteiger partial charge in [-0.05, 0) is 18.8 Å². The van der Waals surface area contributed by atoms with Crippen LogP contribution in [0, 0.1) is 5.41 Å². The molecule has 0 amide bonds. The zero-order valence-electron chi connectivity index (χ0n) is 8.22. The number of hydrogen-bond donors (Lipinski definition) is 1. The maximum Gasteiger partial charge on any atom is 0.0195 e. The number of allylic oxidation sites excluding steroid dienone is 1. The van der Waals surface area contributed by atoms with E-state index in [-0.39, 0.29) is 6.04 Å². The van der Waals surface area contributed by atoms with Gasteiger partial charge >= 0.3 is 0 Å². The van der Waals surface area contributed by atoms with Gasteiger partial charge in [0.05, 0.1) is 0 Å². The second-order valence-corrected chi connectivity index (χ2v) is 3.96. The fraction of sp³-hybridized carbons (Fsp3) is 0.800. The van der Waals surface area contributed by atoms with Crippen molar-refractivity contribution in [1.29, 1.82) is 0 Å². The molecule has 1 heteroatoms. The molecule has 0 heterocycles. The summed E-state index contributed by atoms with van der Waals surface area (Å²) in [5.74, 6) is 0. The molecule has 0 saturated heterocycles. The van der Waals surface area contributed by atoms with E-state index in [2.05, 4.69) is 32.9 Å². The summed E-state index contributed by atoms with van der Waals surface area (Å²) in [5.41, 5.74) is 5.93. The van der Waals surface area contributed by atoms with Crippen LogP contribution in [0.5, 0.6) is 0 Å². The first-order valence-corrected chi connectivity index (χ1v) is 4.43. The summed E-state index contributed by atoms with van der Waals surface area (Å²) in [4.78, 5) is 0. The second-order valence-electron chi connectivity index (χ2n) is 3.96. The maximum absolute atomic E-state index is 5.61. The number of nitrogens with two attached hydrogens (primary N) is 1. The molecule has 0 saturated carbocycles. The van der Waals surface area contributed by atoms with Crippen molar-refractivity contribution in [3.05, 3.63) is 12.2 Å². The molecule has 0 spiro atoms. The summed E-state index contributed by atoms with van der Waals surface area (Å²) in [6, 6.07) is 0.186. The summed E-state index contributed by atoms with van der Waals surface area (Å²) in [5, 5.41) is 0. The maximum atomic E-state index is 5.61. The molecule has 0 aromatic carbocycles. The van der Waals surface area contributed by atoms with Gasteiger partial charge in [0, 0.05) is 6.04 Å². The molecular formula is C10H21N. The highest BCUT2D eigenvalue weighted by molar-refractivity contribution is 4.98. The Morgan fingerprint density at radius 2 is 2.00 bits per heavy atom. The van der Waals surface area contributed by atoms with Crippen LogP contribution in [0.4, 0.5) is 0 Å². The Labute approximate surface area is 70.7 Å². The molecule has 0 rings (SSSR count). The third kappa shape index (κ3) is 6.11. The third-order valence-corrected chi connectivity index (χ3v) is 1.75. The minimum Gasteiger partial charge on any atom is -0.325 e. The van der Waals surface area contributed by atoms with Gasteiger partial charge in [0.15, 0.2) is 0 Å². The zero-order chi connectivity index (χ0) is 8.91. The SMILES string of the molecule is CCCC(C)(C)/C=C\C(C)N. The molecule has 0 aromatic rings. The lowest BCUT2D eigenvalue weighted by molar-refractivity contribution is 0.430. The van der Waals surface area contributed by atoms with E-state index in [0.717, 1.165) is 0 Å². The molecule has 0 aliphatic heterocycles. The van der Waals surface area contributed by atoms with Gasteiger partial charge < -0.3 is 5.73 Å². The molecule has 11 heavy (non-hydrogen) atoms. The van der Waals surface area contributed by atoms with E-state index >= 15 is 0 Å². The highest BCUT2D eigenvalue weighted by Gasteiger charge is 2.11. The lowest BCUT2D eigenvalue weighted by Crippen LogP contribution is -2.13. The van der Waals surface area contributed by atoms with Crippen LogP contribution in [0.15, 0.2) is 12.2 Å². The van der Waals surface area contributed by atoms with Crippen molar-refractivity contribution >= 4 is 0 Å². The summed E-state index contributed by atoms with van der Waals surface area (Å²) in [6.07, 6.45) is 6.77. The lowest BCUT2D eigenvalue weighted by atomic mass is 9.87. The van der Waals surface area contributed by atoms with Crippen molar-refractivity contribution in [2.75, 3.05) is 0 Å². The van der Waals surface area contributed by atoms with E-state index < -0.39 is 0 Å². The topological polar surface area (TPSA) is 26.0 Å². The first-order valence-electron chi connectivity index (χ1n) is 4.43. The van der Waals surface area contributed by atoms with E-state index in [1.165, 1.54) is 12.8 Å². The van der Waals surface area contributed by atoms with Gasteiger partial charge in [0.2, 0.25) is 0 Å². The fourth-order valence-corrected chi connectivity index (χ4v) is 1.14. The minimum atomic E-state index is 0.186. The third-order valence-electron chi connectivity index (χ3n) is 1.75. The predicted molar refractivity (Wildman–Crippen MR) is 51.5 cm³/mol. The van der Waals surface area contributed by atoms with Crippen LogP contribution in [0.3, 0.4) is 0 Å². The Morgan fingerprint density at radius 1 is 1.45 bits per heavy atom. The average Bonchev–Trinajstić information content (AvgIpc) is 1.84. The van der Waals surface area contributed by atoms with E-state index in [4.69, 9.17) is 5.73 Å². The van der Waals surface area contributed by atoms with Crippen molar-refractivity contribution in [2.24, 2.45) is 11.1 Å². The molecule has 1 unspecified atom stereocenters. The summed E-state index contributed by atoms with van der Waals surface area (Å²) in [7, 11) is 0. The van der Waals surface area contributed by atoms with Crippen molar-refractivity contribution in [3.8, 4) is 0 Å². The van der Waals surface area contributed by atoms with Gasteiger partial charge in [-0.3, -0.25) is 0 Å². The molecule has 0 bridgehead atoms. The van der Waals surface area contributed by atoms with E-state index in [9.17, 15) is 0 Å². The Kier molecular flexibility index (Phi) is 4.43. The molecule has 66 valence electrons. The predicted octanol–water partition coefficient (Wildman–Crippen LogP) is 2.72. The van der Waals surface area contributed by atoms with E-state index in [0.29, 0.717) is 5.41 Å². The zero-order valence-corrected chi connectivity index (χ0v) is 8.22. The molecule has 0 aromatic heterocycles. The summed E-state index contributed by atoms with van der Waals surface area (Å²) in [6.45, 7) is 8.70. The molecule has 2 N–H and O–H groups in total. The van der Waals surface area contributed by atoms with Gasteiger partial charge in [-0.25, -0.2) is 0 Å². The Balaban J connectivity index is 3.89. The van der Waals surface area contributed by atoms with Gasteiger partial charge in [-0.1, -0.05) is 39.3 Å². The Morgan fingerprint density at radius 3 is 2.36 bits per heavy atom. The standard InChI is InChI=1S/C10H21N/c1-5-7-10(3,4)8-6-9(2)11/h6,8-9H,5,7,11H2,1-4H3/b8-6-. The smallest absolute Gasteiger partial charge is 0.0195 e. The molecule has 0 aliphatic carbocycles. The summed E-state index contributed by atoms with van der Waals surface area (Å²) < 4.78 is 0. The van der Waals surface area contributed by atoms with Crippen molar-refractivity contribution in [1.82, 2.24) is 0 Å². The fourth-order valence-electron chi connectivity index (χ4n) is 1.14. The minimum absolute atomic E-state index is 0.186. The highest BCUT2D eigenvalue weighted by Crippen LogP contribution is 2.23. The van der Waals surface area contributed by atoms with Gasteiger partial charge in [0.25, 0.3) is 0 Å². The van der Waals surface area contributed by atoms with Gasteiger partial charge in [0.1, 0.15) is 0 Å². The quantitative estimate of drug-likeness (QED) is 0.621. The van der Waals surface area contributed by atoms with Crippen LogP contribution in [0.2, 0.25) is 0 Å². The van der Waals surface area contributed by atoms with Crippen molar-refractivity contribution in [2.45, 2.75) is 46.6 Å². The summed E-state index contributed by atoms with van der Waals surface area (Å²) >= 11 is 0. The van der Waals surface area contributed by atoms with Crippen molar-refractivity contribution < 1.29 is 0 Å². The largest absolute Gasteiger partial charge is 0.325 e. The highest BCUT2D eigenvalue weighted by atomic mass is 14.6. The first kappa shape index (κ1) is 10.7. The molecule has 0 aliphatic rings. The first-order chi connectivity index (χ1) is 4.98. The van der Waals surface area contributed by atoms with Gasteiger partial charge in [-0.15, -0.1) is 0 Å². The van der Waals surface area contributed by atoms with Crippen LogP contribution >= 0.6 is 0 Å². The number of rotatable bonds is 4. The normalized spacial score (nSPS) is 15.7. The molecule has 0 radical (unpaired) electrons. The van der Waals surface area contributed by atoms with Crippen LogP contribution in [0.1, 0.15) is 40.5 Å². The second kappa shape index (κ2) is 4.55. The van der Waals surface area contributed by atoms with Crippen LogP contribution in [-0.4, -0.2) is 6.04 Å². The monoisotopic (exact) mass is 155 g/mol. The van der Waals surface area contributed by atoms with Crippen LogP contribution in [-0.2, 0) is 0 Å². The van der Waals surface area contributed by atoms with Gasteiger partial charge in [-0.2, -0.15) is 0 Å². The number of hydrogen-bond acceptors (Lipinski definition) is 1. The molecular weight excluding hydrogens is 134 g/mol. The van der Waals surface area contributed by atoms with E-state index in [1.54, 1.807) is 0 Å². The van der Waals surface area contributed by atoms with Crippen molar-refractivity contribution in [3.63, 3.8) is 0 Å². The lowest BCUT2D eigenvalue weighted by Gasteiger charge is -2.19. The van der Waals surface area contributed by atoms with Crippen LogP contribution in [0.25, 0.3) is 0 Å². The molecule has 1 atom stereocenters.